The van der Waals surface area contributed by atoms with Crippen LogP contribution in [0.15, 0.2) is 30.3 Å². The lowest BCUT2D eigenvalue weighted by molar-refractivity contribution is -0.302. The third-order valence-electron chi connectivity index (χ3n) is 16.6. The molecular formula is C54H90FN3O13S. The Morgan fingerprint density at radius 3 is 2.29 bits per heavy atom. The predicted octanol–water partition coefficient (Wildman–Crippen LogP) is 4.64. The van der Waals surface area contributed by atoms with Crippen molar-refractivity contribution in [2.24, 2.45) is 23.7 Å². The van der Waals surface area contributed by atoms with E-state index in [1.54, 1.807) is 60.7 Å². The van der Waals surface area contributed by atoms with Gasteiger partial charge in [0.2, 0.25) is 5.91 Å². The van der Waals surface area contributed by atoms with Crippen molar-refractivity contribution >= 4 is 29.2 Å². The highest BCUT2D eigenvalue weighted by Gasteiger charge is 2.55. The number of hydrogen-bond donors (Lipinski definition) is 7. The standard InChI is InChI=1S/C54H90FN3O13S/c1-14-42-54(10,66)47(62)34(6)58(12)29-30(2)26-52(8,65)49(32(4)44(33(5)50(64)70-42)41-27-53(9,67-13)48(63)35(7)69-41)71-51-46(61)40(25-31(3)68-51)57(11)22-19-43(59)56-39(28-55)45(60)38-17-15-36(16-18-38)37-20-23-72-24-21-37/h15-18,20,30-35,39-42,44-49,51,60-63,65-66H,14,19,21-29H2,1-13H3,(H,56,59)/t30-,31-,32+,33-,34-,35+,39-,40+,41-,42-,44?,45-,46-,47-,48+,49-,51+,52-,53-,54-/m1/s1. The van der Waals surface area contributed by atoms with Crippen LogP contribution in [0.5, 0.6) is 0 Å². The Balaban J connectivity index is 1.41. The minimum absolute atomic E-state index is 0.0654. The summed E-state index contributed by atoms with van der Waals surface area (Å²) in [7, 11) is 5.10. The van der Waals surface area contributed by atoms with Gasteiger partial charge in [-0.25, -0.2) is 4.39 Å². The number of carbonyl (C=O) groups is 2. The van der Waals surface area contributed by atoms with E-state index in [0.29, 0.717) is 18.5 Å². The molecule has 18 heteroatoms. The average Bonchev–Trinajstić information content (AvgIpc) is 3.34. The molecule has 1 aromatic rings. The van der Waals surface area contributed by atoms with Gasteiger partial charge in [-0.05, 0) is 116 Å². The Bertz CT molecular complexity index is 1930. The van der Waals surface area contributed by atoms with E-state index in [1.165, 1.54) is 19.6 Å². The van der Waals surface area contributed by atoms with E-state index in [-0.39, 0.29) is 38.1 Å². The zero-order valence-corrected chi connectivity index (χ0v) is 46.0. The Morgan fingerprint density at radius 1 is 1.03 bits per heavy atom. The second-order valence-electron chi connectivity index (χ2n) is 22.5. The van der Waals surface area contributed by atoms with Crippen molar-refractivity contribution in [3.8, 4) is 0 Å². The number of hydrogen-bond acceptors (Lipinski definition) is 16. The van der Waals surface area contributed by atoms with Crippen molar-refractivity contribution < 1.29 is 68.3 Å². The van der Waals surface area contributed by atoms with Crippen LogP contribution >= 0.6 is 11.8 Å². The van der Waals surface area contributed by atoms with Crippen LogP contribution in [0.1, 0.15) is 125 Å². The Hall–Kier alpha value is -2.30. The first-order valence-corrected chi connectivity index (χ1v) is 27.4. The van der Waals surface area contributed by atoms with Crippen LogP contribution < -0.4 is 5.32 Å². The van der Waals surface area contributed by atoms with Crippen molar-refractivity contribution in [1.82, 2.24) is 15.1 Å². The lowest BCUT2D eigenvalue weighted by Gasteiger charge is -2.51. The van der Waals surface area contributed by atoms with Crippen molar-refractivity contribution in [2.75, 3.05) is 52.5 Å². The quantitative estimate of drug-likeness (QED) is 0.126. The van der Waals surface area contributed by atoms with E-state index in [9.17, 15) is 44.6 Å². The van der Waals surface area contributed by atoms with Gasteiger partial charge in [0.05, 0.1) is 47.6 Å². The molecular weight excluding hydrogens is 950 g/mol. The Labute approximate surface area is 432 Å². The van der Waals surface area contributed by atoms with E-state index in [2.05, 4.69) is 11.4 Å². The maximum absolute atomic E-state index is 14.6. The SMILES string of the molecule is CC[C@H]1OC(=O)[C@H](C)C([C@H]2C[C@@](C)(OC)[C@@H](O)[C@H](C)O2)[C@H](C)[C@@H](O[C@@H]2O[C@H](C)C[C@H](N(C)CCC(=O)N[C@H](CF)[C@H](O)c3ccc(C4=CCSCC4)cc3)[C@H]2O)[C@](C)(O)C[C@@H](C)CN(C)[C@H](C)[C@@H](O)[C@]1(C)O. The molecule has 1 aromatic carbocycles. The van der Waals surface area contributed by atoms with Crippen LogP contribution in [0.25, 0.3) is 5.57 Å². The summed E-state index contributed by atoms with van der Waals surface area (Å²) in [5, 5.41) is 73.8. The molecule has 5 rings (SSSR count). The summed E-state index contributed by atoms with van der Waals surface area (Å²) in [6, 6.07) is 5.01. The van der Waals surface area contributed by atoms with E-state index in [0.717, 1.165) is 23.5 Å². The highest BCUT2D eigenvalue weighted by atomic mass is 32.2. The second kappa shape index (κ2) is 25.7. The zero-order valence-electron chi connectivity index (χ0n) is 45.2. The monoisotopic (exact) mass is 1040 g/mol. The number of halogens is 1. The van der Waals surface area contributed by atoms with Gasteiger partial charge in [-0.15, -0.1) is 0 Å². The summed E-state index contributed by atoms with van der Waals surface area (Å²) in [5.74, 6) is -1.86. The first-order valence-electron chi connectivity index (χ1n) is 26.2. The van der Waals surface area contributed by atoms with E-state index >= 15 is 0 Å². The number of nitrogens with one attached hydrogen (secondary N) is 1. The molecule has 1 unspecified atom stereocenters. The fourth-order valence-corrected chi connectivity index (χ4v) is 12.9. The lowest BCUT2D eigenvalue weighted by atomic mass is 9.68. The van der Waals surface area contributed by atoms with Gasteiger partial charge in [0.1, 0.15) is 42.8 Å². The number of aliphatic hydroxyl groups is 6. The lowest BCUT2D eigenvalue weighted by Crippen LogP contribution is -2.62. The van der Waals surface area contributed by atoms with Gasteiger partial charge in [-0.2, -0.15) is 11.8 Å². The summed E-state index contributed by atoms with van der Waals surface area (Å²) < 4.78 is 46.4. The number of aliphatic hydroxyl groups excluding tert-OH is 4. The third kappa shape index (κ3) is 14.2. The molecule has 412 valence electrons. The zero-order chi connectivity index (χ0) is 53.6. The molecule has 3 fully saturated rings. The van der Waals surface area contributed by atoms with Crippen molar-refractivity contribution in [2.45, 2.75) is 204 Å². The summed E-state index contributed by atoms with van der Waals surface area (Å²) in [5.41, 5.74) is -1.79. The molecule has 0 aromatic heterocycles. The number of cyclic esters (lactones) is 1. The molecule has 72 heavy (non-hydrogen) atoms. The Kier molecular flexibility index (Phi) is 21.6. The number of alkyl halides is 1. The van der Waals surface area contributed by atoms with Crippen LogP contribution in [-0.4, -0.2) is 195 Å². The molecule has 0 radical (unpaired) electrons. The van der Waals surface area contributed by atoms with Gasteiger partial charge in [0.15, 0.2) is 6.29 Å². The largest absolute Gasteiger partial charge is 0.459 e. The number of amides is 1. The molecule has 16 nitrogen and oxygen atoms in total. The Morgan fingerprint density at radius 2 is 1.69 bits per heavy atom. The van der Waals surface area contributed by atoms with Crippen molar-refractivity contribution in [3.63, 3.8) is 0 Å². The fraction of sp³-hybridized carbons (Fsp3) is 0.815. The molecule has 3 saturated heterocycles. The summed E-state index contributed by atoms with van der Waals surface area (Å²) >= 11 is 1.88. The molecule has 4 aliphatic rings. The third-order valence-corrected chi connectivity index (χ3v) is 17.5. The predicted molar refractivity (Wildman–Crippen MR) is 276 cm³/mol. The average molecular weight is 1040 g/mol. The van der Waals surface area contributed by atoms with E-state index < -0.39 is 132 Å². The normalized spacial score (nSPS) is 41.1. The number of likely N-dealkylation sites (N-methyl/N-ethyl adjacent to an activating group) is 2. The topological polar surface area (TPSA) is 220 Å². The highest BCUT2D eigenvalue weighted by Crippen LogP contribution is 2.45. The number of thioether (sulfide) groups is 1. The van der Waals surface area contributed by atoms with E-state index in [1.807, 2.05) is 61.5 Å². The van der Waals surface area contributed by atoms with Gasteiger partial charge >= 0.3 is 5.97 Å². The number of allylic oxidation sites excluding steroid dienone is 1. The van der Waals surface area contributed by atoms with Crippen LogP contribution in [0.4, 0.5) is 4.39 Å². The number of methoxy groups -OCH3 is 1. The molecule has 7 N–H and O–H groups in total. The maximum atomic E-state index is 14.6. The molecule has 20 atom stereocenters. The molecule has 0 saturated carbocycles. The van der Waals surface area contributed by atoms with Gasteiger partial charge < -0.3 is 69.4 Å². The molecule has 4 aliphatic heterocycles. The number of ether oxygens (including phenoxy) is 5. The minimum atomic E-state index is -1.84. The van der Waals surface area contributed by atoms with Crippen molar-refractivity contribution in [3.05, 3.63) is 41.5 Å². The molecule has 1 amide bonds. The minimum Gasteiger partial charge on any atom is -0.459 e. The molecule has 0 aliphatic carbocycles. The van der Waals surface area contributed by atoms with Crippen molar-refractivity contribution in [1.29, 1.82) is 0 Å². The van der Waals surface area contributed by atoms with Gasteiger partial charge in [-0.1, -0.05) is 58.0 Å². The highest BCUT2D eigenvalue weighted by molar-refractivity contribution is 7.99. The molecule has 4 heterocycles. The first-order chi connectivity index (χ1) is 33.7. The summed E-state index contributed by atoms with van der Waals surface area (Å²) in [6.07, 6.45) is -6.40. The molecule has 0 spiro atoms. The number of rotatable bonds is 14. The summed E-state index contributed by atoms with van der Waals surface area (Å²) in [4.78, 5) is 31.7. The van der Waals surface area contributed by atoms with Crippen LogP contribution in [0, 0.1) is 23.7 Å². The fourth-order valence-electron chi connectivity index (χ4n) is 12.0. The maximum Gasteiger partial charge on any atom is 0.309 e. The first kappa shape index (κ1) is 60.6. The number of nitrogens with zero attached hydrogens (tertiary/aromatic N) is 2. The summed E-state index contributed by atoms with van der Waals surface area (Å²) in [6.45, 7) is 17.2. The number of esters is 1. The smallest absolute Gasteiger partial charge is 0.309 e. The van der Waals surface area contributed by atoms with Gasteiger partial charge in [0.25, 0.3) is 0 Å². The second-order valence-corrected chi connectivity index (χ2v) is 23.6. The van der Waals surface area contributed by atoms with Gasteiger partial charge in [0, 0.05) is 56.8 Å². The number of benzene rings is 1. The van der Waals surface area contributed by atoms with Crippen LogP contribution in [-0.2, 0) is 33.3 Å². The van der Waals surface area contributed by atoms with Crippen LogP contribution in [0.3, 0.4) is 0 Å². The van der Waals surface area contributed by atoms with Gasteiger partial charge in [-0.3, -0.25) is 9.59 Å². The number of carbonyl (C=O) groups excluding carboxylic acids is 2. The van der Waals surface area contributed by atoms with E-state index in [4.69, 9.17) is 23.7 Å². The molecule has 0 bridgehead atoms. The van der Waals surface area contributed by atoms with Crippen LogP contribution in [0.2, 0.25) is 0 Å².